The lowest BCUT2D eigenvalue weighted by Crippen LogP contribution is -2.06. The van der Waals surface area contributed by atoms with Gasteiger partial charge in [-0.25, -0.2) is 4.98 Å². The summed E-state index contributed by atoms with van der Waals surface area (Å²) in [6, 6.07) is 6.44. The van der Waals surface area contributed by atoms with Crippen LogP contribution in [-0.4, -0.2) is 19.9 Å². The molecule has 0 atom stereocenters. The third-order valence-corrected chi connectivity index (χ3v) is 4.33. The molecule has 0 radical (unpaired) electrons. The number of H-pyrrole nitrogens is 1. The van der Waals surface area contributed by atoms with Crippen molar-refractivity contribution >= 4 is 11.3 Å². The summed E-state index contributed by atoms with van der Waals surface area (Å²) >= 11 is 0. The monoisotopic (exact) mass is 508 g/mol. The Kier molecular flexibility index (Phi) is 5.73. The van der Waals surface area contributed by atoms with Gasteiger partial charge in [0.1, 0.15) is 11.5 Å². The fraction of sp³-hybridized carbons (Fsp3) is 0.150. The molecule has 1 N–H and O–H groups in total. The number of nitrogens with one attached hydrogen (secondary N) is 1. The summed E-state index contributed by atoms with van der Waals surface area (Å²) < 4.78 is 126. The number of ether oxygens (including phenoxy) is 2. The van der Waals surface area contributed by atoms with Crippen molar-refractivity contribution in [3.8, 4) is 23.3 Å². The molecule has 0 bridgehead atoms. The zero-order valence-electron chi connectivity index (χ0n) is 16.7. The second-order valence-electron chi connectivity index (χ2n) is 6.84. The quantitative estimate of drug-likeness (QED) is 0.301. The standard InChI is InChI=1S/C20H9F9N4O2/c21-18(22,23)9-1-5-11(6-2-9)34-15-16(35-12-7-3-10(4-8-12)19(24,25)26)31-14-13(30-15)32-17(33-14)20(27,28)29/h1-8H,(H,30,31,32,33). The molecule has 0 aliphatic rings. The highest BCUT2D eigenvalue weighted by molar-refractivity contribution is 5.68. The number of fused-ring (bicyclic) bond motifs is 1. The first kappa shape index (κ1) is 24.1. The molecule has 4 rings (SSSR count). The summed E-state index contributed by atoms with van der Waals surface area (Å²) in [7, 11) is 0. The van der Waals surface area contributed by atoms with Crippen LogP contribution in [0.1, 0.15) is 17.0 Å². The summed E-state index contributed by atoms with van der Waals surface area (Å²) in [5, 5.41) is 0. The lowest BCUT2D eigenvalue weighted by molar-refractivity contribution is -0.144. The fourth-order valence-electron chi connectivity index (χ4n) is 2.72. The highest BCUT2D eigenvalue weighted by atomic mass is 19.4. The average Bonchev–Trinajstić information content (AvgIpc) is 3.17. The van der Waals surface area contributed by atoms with E-state index in [1.54, 1.807) is 0 Å². The Morgan fingerprint density at radius 1 is 0.543 bits per heavy atom. The molecule has 2 aromatic heterocycles. The van der Waals surface area contributed by atoms with Gasteiger partial charge < -0.3 is 14.5 Å². The highest BCUT2D eigenvalue weighted by Crippen LogP contribution is 2.37. The van der Waals surface area contributed by atoms with E-state index in [1.807, 2.05) is 4.98 Å². The van der Waals surface area contributed by atoms with Gasteiger partial charge in [0, 0.05) is 0 Å². The predicted octanol–water partition coefficient (Wildman–Crippen LogP) is 6.99. The van der Waals surface area contributed by atoms with Crippen LogP contribution in [0.5, 0.6) is 23.3 Å². The summed E-state index contributed by atoms with van der Waals surface area (Å²) in [5.41, 5.74) is -3.02. The van der Waals surface area contributed by atoms with Gasteiger partial charge in [-0.15, -0.1) is 0 Å². The first-order valence-electron chi connectivity index (χ1n) is 9.25. The van der Waals surface area contributed by atoms with E-state index in [0.717, 1.165) is 24.3 Å². The van der Waals surface area contributed by atoms with Crippen LogP contribution >= 0.6 is 0 Å². The van der Waals surface area contributed by atoms with Crippen molar-refractivity contribution in [2.75, 3.05) is 0 Å². The van der Waals surface area contributed by atoms with Crippen molar-refractivity contribution in [3.63, 3.8) is 0 Å². The second-order valence-corrected chi connectivity index (χ2v) is 6.84. The van der Waals surface area contributed by atoms with E-state index in [1.165, 1.54) is 0 Å². The third-order valence-electron chi connectivity index (χ3n) is 4.33. The van der Waals surface area contributed by atoms with Crippen molar-refractivity contribution in [1.29, 1.82) is 0 Å². The van der Waals surface area contributed by atoms with E-state index in [2.05, 4.69) is 15.0 Å². The van der Waals surface area contributed by atoms with Crippen LogP contribution < -0.4 is 9.47 Å². The Bertz CT molecular complexity index is 1250. The van der Waals surface area contributed by atoms with Crippen molar-refractivity contribution in [1.82, 2.24) is 19.9 Å². The number of nitrogens with zero attached hydrogens (tertiary/aromatic N) is 3. The lowest BCUT2D eigenvalue weighted by Gasteiger charge is -2.12. The maximum Gasteiger partial charge on any atom is 0.449 e. The lowest BCUT2D eigenvalue weighted by atomic mass is 10.2. The summed E-state index contributed by atoms with van der Waals surface area (Å²) in [5.74, 6) is -3.05. The van der Waals surface area contributed by atoms with Crippen LogP contribution in [0.15, 0.2) is 48.5 Å². The number of hydrogen-bond donors (Lipinski definition) is 1. The van der Waals surface area contributed by atoms with Crippen molar-refractivity contribution in [2.45, 2.75) is 18.5 Å². The molecule has 35 heavy (non-hydrogen) atoms. The topological polar surface area (TPSA) is 72.9 Å². The summed E-state index contributed by atoms with van der Waals surface area (Å²) in [6.45, 7) is 0. The zero-order chi connectivity index (χ0) is 25.6. The number of halogens is 9. The third kappa shape index (κ3) is 5.38. The SMILES string of the molecule is FC(F)(F)c1ccc(Oc2nc3nc(C(F)(F)F)[nH]c3nc2Oc2ccc(C(F)(F)F)cc2)cc1. The largest absolute Gasteiger partial charge is 0.449 e. The molecule has 2 aromatic carbocycles. The smallest absolute Gasteiger partial charge is 0.435 e. The van der Waals surface area contributed by atoms with Gasteiger partial charge in [-0.2, -0.15) is 49.5 Å². The Balaban J connectivity index is 1.72. The molecule has 0 unspecified atom stereocenters. The Morgan fingerprint density at radius 2 is 0.971 bits per heavy atom. The Hall–Kier alpha value is -4.04. The molecule has 15 heteroatoms. The molecule has 0 fully saturated rings. The molecule has 0 aliphatic heterocycles. The second kappa shape index (κ2) is 8.32. The number of benzene rings is 2. The highest BCUT2D eigenvalue weighted by Gasteiger charge is 2.36. The Morgan fingerprint density at radius 3 is 1.37 bits per heavy atom. The number of imidazole rings is 1. The normalized spacial score (nSPS) is 12.7. The molecule has 184 valence electrons. The van der Waals surface area contributed by atoms with Gasteiger partial charge in [-0.1, -0.05) is 0 Å². The molecular weight excluding hydrogens is 499 g/mol. The van der Waals surface area contributed by atoms with Crippen LogP contribution in [0.4, 0.5) is 39.5 Å². The minimum Gasteiger partial charge on any atom is -0.435 e. The van der Waals surface area contributed by atoms with Gasteiger partial charge in [0.05, 0.1) is 11.1 Å². The number of alkyl halides is 9. The van der Waals surface area contributed by atoms with E-state index in [4.69, 9.17) is 9.47 Å². The van der Waals surface area contributed by atoms with Crippen LogP contribution in [0.2, 0.25) is 0 Å². The van der Waals surface area contributed by atoms with Crippen molar-refractivity contribution < 1.29 is 49.0 Å². The van der Waals surface area contributed by atoms with Crippen molar-refractivity contribution in [3.05, 3.63) is 65.5 Å². The predicted molar refractivity (Wildman–Crippen MR) is 99.7 cm³/mol. The molecule has 0 aliphatic carbocycles. The molecule has 0 saturated carbocycles. The van der Waals surface area contributed by atoms with E-state index < -0.39 is 58.5 Å². The van der Waals surface area contributed by atoms with E-state index >= 15 is 0 Å². The molecule has 2 heterocycles. The summed E-state index contributed by atoms with van der Waals surface area (Å²) in [4.78, 5) is 12.7. The van der Waals surface area contributed by atoms with Gasteiger partial charge in [0.2, 0.25) is 11.5 Å². The number of hydrogen-bond acceptors (Lipinski definition) is 5. The van der Waals surface area contributed by atoms with Crippen LogP contribution in [0.25, 0.3) is 11.3 Å². The number of rotatable bonds is 4. The van der Waals surface area contributed by atoms with Gasteiger partial charge in [0.25, 0.3) is 11.8 Å². The molecule has 6 nitrogen and oxygen atoms in total. The fourth-order valence-corrected chi connectivity index (χ4v) is 2.72. The molecule has 0 spiro atoms. The first-order valence-corrected chi connectivity index (χ1v) is 9.25. The van der Waals surface area contributed by atoms with Gasteiger partial charge >= 0.3 is 18.5 Å². The van der Waals surface area contributed by atoms with Crippen molar-refractivity contribution in [2.24, 2.45) is 0 Å². The minimum absolute atomic E-state index is 0.209. The van der Waals surface area contributed by atoms with E-state index in [9.17, 15) is 39.5 Å². The number of aromatic nitrogens is 4. The summed E-state index contributed by atoms with van der Waals surface area (Å²) in [6.07, 6.45) is -14.1. The first-order chi connectivity index (χ1) is 16.2. The minimum atomic E-state index is -4.88. The average molecular weight is 508 g/mol. The van der Waals surface area contributed by atoms with Gasteiger partial charge in [0.15, 0.2) is 5.65 Å². The molecule has 4 aromatic rings. The molecule has 0 saturated heterocycles. The molecular formula is C20H9F9N4O2. The van der Waals surface area contributed by atoms with Crippen LogP contribution in [-0.2, 0) is 18.5 Å². The maximum atomic E-state index is 13.0. The van der Waals surface area contributed by atoms with E-state index in [-0.39, 0.29) is 11.5 Å². The number of aromatic amines is 1. The van der Waals surface area contributed by atoms with Gasteiger partial charge in [-0.3, -0.25) is 0 Å². The van der Waals surface area contributed by atoms with Crippen LogP contribution in [0.3, 0.4) is 0 Å². The molecule has 0 amide bonds. The Labute approximate surface area is 188 Å². The maximum absolute atomic E-state index is 13.0. The van der Waals surface area contributed by atoms with Crippen LogP contribution in [0, 0.1) is 0 Å². The van der Waals surface area contributed by atoms with E-state index in [0.29, 0.717) is 24.3 Å². The zero-order valence-corrected chi connectivity index (χ0v) is 16.7. The van der Waals surface area contributed by atoms with Gasteiger partial charge in [-0.05, 0) is 48.5 Å².